The Morgan fingerprint density at radius 2 is 1.71 bits per heavy atom. The number of aryl methyl sites for hydroxylation is 2. The summed E-state index contributed by atoms with van der Waals surface area (Å²) in [7, 11) is 0. The molecule has 140 valence electrons. The van der Waals surface area contributed by atoms with E-state index >= 15 is 0 Å². The molecule has 7 heteroatoms. The summed E-state index contributed by atoms with van der Waals surface area (Å²) >= 11 is 2.74. The number of hydrogen-bond acceptors (Lipinski definition) is 5. The van der Waals surface area contributed by atoms with Crippen molar-refractivity contribution in [2.45, 2.75) is 13.8 Å². The van der Waals surface area contributed by atoms with E-state index in [1.54, 1.807) is 18.2 Å². The lowest BCUT2D eigenvalue weighted by Gasteiger charge is -2.09. The molecule has 0 fully saturated rings. The number of carbonyl (C=O) groups is 1. The number of thiazole rings is 2. The van der Waals surface area contributed by atoms with Crippen molar-refractivity contribution in [3.8, 4) is 21.8 Å². The van der Waals surface area contributed by atoms with E-state index < -0.39 is 0 Å². The maximum absolute atomic E-state index is 14.1. The Hall–Kier alpha value is -2.90. The van der Waals surface area contributed by atoms with Gasteiger partial charge in [-0.1, -0.05) is 30.3 Å². The summed E-state index contributed by atoms with van der Waals surface area (Å²) in [4.78, 5) is 22.2. The SMILES string of the molecule is Cc1nc(C)c(C(=O)Nc2ccccc2-c2csc(-c3ccccc3F)n2)s1. The fourth-order valence-electron chi connectivity index (χ4n) is 2.89. The molecule has 1 N–H and O–H groups in total. The van der Waals surface area contributed by atoms with E-state index in [9.17, 15) is 9.18 Å². The predicted molar refractivity (Wildman–Crippen MR) is 112 cm³/mol. The van der Waals surface area contributed by atoms with Crippen molar-refractivity contribution in [3.05, 3.63) is 75.3 Å². The number of halogens is 1. The number of nitrogens with zero attached hydrogens (tertiary/aromatic N) is 2. The number of benzene rings is 2. The number of aromatic nitrogens is 2. The summed E-state index contributed by atoms with van der Waals surface area (Å²) in [6.07, 6.45) is 0. The van der Waals surface area contributed by atoms with Gasteiger partial charge in [0.05, 0.1) is 22.1 Å². The summed E-state index contributed by atoms with van der Waals surface area (Å²) in [6, 6.07) is 14.0. The molecule has 1 amide bonds. The van der Waals surface area contributed by atoms with Crippen LogP contribution in [0.2, 0.25) is 0 Å². The molecule has 0 spiro atoms. The van der Waals surface area contributed by atoms with Crippen LogP contribution in [0.3, 0.4) is 0 Å². The lowest BCUT2D eigenvalue weighted by Crippen LogP contribution is -2.12. The summed E-state index contributed by atoms with van der Waals surface area (Å²) in [5.41, 5.74) is 3.32. The number of anilines is 1. The van der Waals surface area contributed by atoms with E-state index in [2.05, 4.69) is 15.3 Å². The Balaban J connectivity index is 1.66. The van der Waals surface area contributed by atoms with Gasteiger partial charge in [-0.05, 0) is 32.0 Å². The zero-order valence-electron chi connectivity index (χ0n) is 15.2. The van der Waals surface area contributed by atoms with Gasteiger partial charge in [-0.3, -0.25) is 4.79 Å². The fraction of sp³-hybridized carbons (Fsp3) is 0.0952. The van der Waals surface area contributed by atoms with E-state index in [4.69, 9.17) is 0 Å². The minimum absolute atomic E-state index is 0.194. The van der Waals surface area contributed by atoms with Crippen LogP contribution >= 0.6 is 22.7 Å². The number of rotatable bonds is 4. The van der Waals surface area contributed by atoms with Crippen LogP contribution in [0.1, 0.15) is 20.4 Å². The first-order chi connectivity index (χ1) is 13.5. The summed E-state index contributed by atoms with van der Waals surface area (Å²) in [5, 5.41) is 6.28. The molecule has 2 aromatic heterocycles. The van der Waals surface area contributed by atoms with Crippen molar-refractivity contribution in [2.24, 2.45) is 0 Å². The van der Waals surface area contributed by atoms with Crippen molar-refractivity contribution in [3.63, 3.8) is 0 Å². The van der Waals surface area contributed by atoms with Crippen LogP contribution in [-0.4, -0.2) is 15.9 Å². The molecule has 28 heavy (non-hydrogen) atoms. The lowest BCUT2D eigenvalue weighted by molar-refractivity contribution is 0.103. The molecule has 0 aliphatic heterocycles. The molecule has 4 rings (SSSR count). The first-order valence-corrected chi connectivity index (χ1v) is 10.3. The first kappa shape index (κ1) is 18.5. The molecule has 0 bridgehead atoms. The number of amides is 1. The van der Waals surface area contributed by atoms with E-state index in [0.717, 1.165) is 10.6 Å². The van der Waals surface area contributed by atoms with Crippen molar-refractivity contribution in [2.75, 3.05) is 5.32 Å². The van der Waals surface area contributed by atoms with E-state index in [1.807, 2.05) is 43.5 Å². The topological polar surface area (TPSA) is 54.9 Å². The highest BCUT2D eigenvalue weighted by atomic mass is 32.1. The summed E-state index contributed by atoms with van der Waals surface area (Å²) in [5.74, 6) is -0.499. The van der Waals surface area contributed by atoms with Crippen LogP contribution in [0, 0.1) is 19.7 Å². The predicted octanol–water partition coefficient (Wildman–Crippen LogP) is 5.94. The van der Waals surface area contributed by atoms with E-state index in [0.29, 0.717) is 32.5 Å². The van der Waals surface area contributed by atoms with Crippen LogP contribution in [0.25, 0.3) is 21.8 Å². The quantitative estimate of drug-likeness (QED) is 0.454. The van der Waals surface area contributed by atoms with Crippen LogP contribution in [0.5, 0.6) is 0 Å². The van der Waals surface area contributed by atoms with Crippen LogP contribution in [-0.2, 0) is 0 Å². The molecule has 2 aromatic carbocycles. The monoisotopic (exact) mass is 409 g/mol. The molecule has 0 aliphatic carbocycles. The van der Waals surface area contributed by atoms with Gasteiger partial charge in [-0.25, -0.2) is 14.4 Å². The normalized spacial score (nSPS) is 10.8. The van der Waals surface area contributed by atoms with E-state index in [1.165, 1.54) is 28.7 Å². The molecule has 0 radical (unpaired) electrons. The van der Waals surface area contributed by atoms with Gasteiger partial charge < -0.3 is 5.32 Å². The van der Waals surface area contributed by atoms with Crippen molar-refractivity contribution >= 4 is 34.3 Å². The highest BCUT2D eigenvalue weighted by molar-refractivity contribution is 7.14. The number of hydrogen-bond donors (Lipinski definition) is 1. The van der Waals surface area contributed by atoms with Crippen LogP contribution < -0.4 is 5.32 Å². The Morgan fingerprint density at radius 1 is 1.00 bits per heavy atom. The molecular formula is C21H16FN3OS2. The van der Waals surface area contributed by atoms with Gasteiger partial charge in [0.15, 0.2) is 0 Å². The molecule has 0 atom stereocenters. The molecule has 4 nitrogen and oxygen atoms in total. The standard InChI is InChI=1S/C21H16FN3OS2/c1-12-19(28-13(2)23-12)20(26)24-17-10-6-4-8-15(17)18-11-27-21(25-18)14-7-3-5-9-16(14)22/h3-11H,1-2H3,(H,24,26). The number of carbonyl (C=O) groups excluding carboxylic acids is 1. The fourth-order valence-corrected chi connectivity index (χ4v) is 4.55. The van der Waals surface area contributed by atoms with Gasteiger partial charge in [-0.15, -0.1) is 22.7 Å². The van der Waals surface area contributed by atoms with Crippen LogP contribution in [0.4, 0.5) is 10.1 Å². The third-order valence-corrected chi connectivity index (χ3v) is 6.12. The van der Waals surface area contributed by atoms with Gasteiger partial charge >= 0.3 is 0 Å². The molecule has 4 aromatic rings. The van der Waals surface area contributed by atoms with Gasteiger partial charge in [0.25, 0.3) is 5.91 Å². The zero-order chi connectivity index (χ0) is 19.7. The Bertz CT molecular complexity index is 1170. The van der Waals surface area contributed by atoms with Gasteiger partial charge in [0.1, 0.15) is 15.7 Å². The summed E-state index contributed by atoms with van der Waals surface area (Å²) in [6.45, 7) is 3.70. The van der Waals surface area contributed by atoms with Gasteiger partial charge in [0.2, 0.25) is 0 Å². The maximum atomic E-state index is 14.1. The molecule has 0 saturated carbocycles. The summed E-state index contributed by atoms with van der Waals surface area (Å²) < 4.78 is 14.1. The first-order valence-electron chi connectivity index (χ1n) is 8.58. The second-order valence-electron chi connectivity index (χ2n) is 6.16. The Morgan fingerprint density at radius 3 is 2.43 bits per heavy atom. The molecule has 2 heterocycles. The number of para-hydroxylation sites is 1. The molecular weight excluding hydrogens is 393 g/mol. The Kier molecular flexibility index (Phi) is 5.02. The van der Waals surface area contributed by atoms with E-state index in [-0.39, 0.29) is 11.7 Å². The van der Waals surface area contributed by atoms with Crippen molar-refractivity contribution in [1.29, 1.82) is 0 Å². The van der Waals surface area contributed by atoms with Crippen LogP contribution in [0.15, 0.2) is 53.9 Å². The number of nitrogens with one attached hydrogen (secondary N) is 1. The largest absolute Gasteiger partial charge is 0.321 e. The minimum Gasteiger partial charge on any atom is -0.321 e. The molecule has 0 unspecified atom stereocenters. The second-order valence-corrected chi connectivity index (χ2v) is 8.23. The zero-order valence-corrected chi connectivity index (χ0v) is 16.8. The molecule has 0 saturated heterocycles. The minimum atomic E-state index is -0.305. The van der Waals surface area contributed by atoms with Gasteiger partial charge in [0, 0.05) is 16.5 Å². The molecule has 0 aliphatic rings. The third kappa shape index (κ3) is 3.58. The van der Waals surface area contributed by atoms with Gasteiger partial charge in [-0.2, -0.15) is 0 Å². The highest BCUT2D eigenvalue weighted by Gasteiger charge is 2.17. The smallest absolute Gasteiger partial charge is 0.267 e. The average molecular weight is 410 g/mol. The highest BCUT2D eigenvalue weighted by Crippen LogP contribution is 2.34. The lowest BCUT2D eigenvalue weighted by atomic mass is 10.1. The Labute approximate surface area is 169 Å². The maximum Gasteiger partial charge on any atom is 0.267 e. The van der Waals surface area contributed by atoms with Crippen molar-refractivity contribution < 1.29 is 9.18 Å². The average Bonchev–Trinajstić information content (AvgIpc) is 3.29. The third-order valence-electron chi connectivity index (χ3n) is 4.17. The second kappa shape index (κ2) is 7.61. The van der Waals surface area contributed by atoms with Crippen molar-refractivity contribution in [1.82, 2.24) is 9.97 Å².